The maximum atomic E-state index is 12.1. The number of hydrogen-bond donors (Lipinski definition) is 0. The van der Waals surface area contributed by atoms with E-state index >= 15 is 0 Å². The third kappa shape index (κ3) is 3.59. The highest BCUT2D eigenvalue weighted by molar-refractivity contribution is 5.81. The van der Waals surface area contributed by atoms with Gasteiger partial charge in [-0.3, -0.25) is 9.78 Å². The molecule has 3 heteroatoms. The Morgan fingerprint density at radius 1 is 1.35 bits per heavy atom. The molecule has 1 fully saturated rings. The van der Waals surface area contributed by atoms with Crippen molar-refractivity contribution in [3.05, 3.63) is 23.0 Å². The molecule has 0 radical (unpaired) electrons. The van der Waals surface area contributed by atoms with Crippen LogP contribution in [-0.2, 0) is 11.2 Å². The van der Waals surface area contributed by atoms with E-state index < -0.39 is 0 Å². The Bertz CT molecular complexity index is 476. The van der Waals surface area contributed by atoms with Gasteiger partial charge in [-0.25, -0.2) is 0 Å². The lowest BCUT2D eigenvalue weighted by molar-refractivity contribution is -0.118. The third-order valence-electron chi connectivity index (χ3n) is 4.42. The van der Waals surface area contributed by atoms with E-state index in [1.807, 2.05) is 13.8 Å². The molecular weight excluding hydrogens is 250 g/mol. The van der Waals surface area contributed by atoms with Crippen LogP contribution in [0.1, 0.15) is 55.3 Å². The molecule has 0 N–H and O–H groups in total. The van der Waals surface area contributed by atoms with Crippen LogP contribution in [0.5, 0.6) is 5.75 Å². The Morgan fingerprint density at radius 3 is 2.70 bits per heavy atom. The van der Waals surface area contributed by atoms with Crippen LogP contribution in [0, 0.1) is 19.8 Å². The van der Waals surface area contributed by atoms with Crippen LogP contribution in [-0.4, -0.2) is 17.9 Å². The summed E-state index contributed by atoms with van der Waals surface area (Å²) < 4.78 is 5.39. The average molecular weight is 275 g/mol. The van der Waals surface area contributed by atoms with Crippen LogP contribution in [0.3, 0.4) is 0 Å². The van der Waals surface area contributed by atoms with Gasteiger partial charge in [0.15, 0.2) is 0 Å². The molecule has 3 nitrogen and oxygen atoms in total. The van der Waals surface area contributed by atoms with Gasteiger partial charge in [-0.05, 0) is 26.2 Å². The van der Waals surface area contributed by atoms with Gasteiger partial charge in [0.25, 0.3) is 0 Å². The minimum absolute atomic E-state index is 0.304. The molecule has 1 heterocycles. The largest absolute Gasteiger partial charge is 0.496 e. The number of carbonyl (C=O) groups is 1. The number of carbonyl (C=O) groups excluding carboxylic acids is 1. The fourth-order valence-corrected chi connectivity index (χ4v) is 3.19. The number of ketones is 1. The number of Topliss-reactive ketones (excluding diaryl/α,β-unsaturated/α-hetero) is 1. The van der Waals surface area contributed by atoms with Gasteiger partial charge in [-0.1, -0.05) is 25.7 Å². The number of hydrogen-bond acceptors (Lipinski definition) is 3. The fourth-order valence-electron chi connectivity index (χ4n) is 3.19. The van der Waals surface area contributed by atoms with E-state index in [0.717, 1.165) is 34.9 Å². The zero-order chi connectivity index (χ0) is 14.5. The molecule has 1 saturated carbocycles. The average Bonchev–Trinajstić information content (AvgIpc) is 2.94. The van der Waals surface area contributed by atoms with E-state index in [9.17, 15) is 4.79 Å². The Kier molecular flexibility index (Phi) is 5.16. The second-order valence-electron chi connectivity index (χ2n) is 5.95. The van der Waals surface area contributed by atoms with Crippen LogP contribution >= 0.6 is 0 Å². The second-order valence-corrected chi connectivity index (χ2v) is 5.95. The molecule has 0 aliphatic heterocycles. The first-order chi connectivity index (χ1) is 9.61. The summed E-state index contributed by atoms with van der Waals surface area (Å²) in [7, 11) is 1.67. The van der Waals surface area contributed by atoms with Gasteiger partial charge in [-0.2, -0.15) is 0 Å². The number of aryl methyl sites for hydroxylation is 1. The fraction of sp³-hybridized carbons (Fsp3) is 0.647. The van der Waals surface area contributed by atoms with E-state index in [-0.39, 0.29) is 0 Å². The van der Waals surface area contributed by atoms with Crippen LogP contribution in [0.15, 0.2) is 6.20 Å². The monoisotopic (exact) mass is 275 g/mol. The van der Waals surface area contributed by atoms with Crippen molar-refractivity contribution in [2.75, 3.05) is 7.11 Å². The lowest BCUT2D eigenvalue weighted by Gasteiger charge is -2.12. The summed E-state index contributed by atoms with van der Waals surface area (Å²) in [5.74, 6) is 1.94. The summed E-state index contributed by atoms with van der Waals surface area (Å²) in [6, 6.07) is 0. The quantitative estimate of drug-likeness (QED) is 0.793. The standard InChI is InChI=1S/C17H25NO2/c1-12-11-18-16(13(2)17(12)20-3)10-15(19)9-8-14-6-4-5-7-14/h11,14H,4-10H2,1-3H3. The van der Waals surface area contributed by atoms with Crippen LogP contribution in [0.25, 0.3) is 0 Å². The summed E-state index contributed by atoms with van der Waals surface area (Å²) in [6.45, 7) is 3.96. The van der Waals surface area contributed by atoms with E-state index in [0.29, 0.717) is 18.6 Å². The highest BCUT2D eigenvalue weighted by Gasteiger charge is 2.17. The lowest BCUT2D eigenvalue weighted by atomic mass is 9.97. The van der Waals surface area contributed by atoms with Gasteiger partial charge in [0, 0.05) is 30.2 Å². The number of ether oxygens (including phenoxy) is 1. The normalized spacial score (nSPS) is 15.6. The number of pyridine rings is 1. The molecule has 2 rings (SSSR count). The van der Waals surface area contributed by atoms with Crippen molar-refractivity contribution in [2.24, 2.45) is 5.92 Å². The molecule has 20 heavy (non-hydrogen) atoms. The number of rotatable bonds is 6. The van der Waals surface area contributed by atoms with Crippen molar-refractivity contribution in [1.29, 1.82) is 0 Å². The SMILES string of the molecule is COc1c(C)cnc(CC(=O)CCC2CCCC2)c1C. The summed E-state index contributed by atoms with van der Waals surface area (Å²) in [5, 5.41) is 0. The Hall–Kier alpha value is -1.38. The first-order valence-electron chi connectivity index (χ1n) is 7.62. The predicted octanol–water partition coefficient (Wildman–Crippen LogP) is 3.79. The van der Waals surface area contributed by atoms with Gasteiger partial charge in [-0.15, -0.1) is 0 Å². The molecule has 0 bridgehead atoms. The maximum absolute atomic E-state index is 12.1. The minimum Gasteiger partial charge on any atom is -0.496 e. The molecular formula is C17H25NO2. The molecule has 0 spiro atoms. The Balaban J connectivity index is 1.93. The van der Waals surface area contributed by atoms with Gasteiger partial charge in [0.1, 0.15) is 11.5 Å². The summed E-state index contributed by atoms with van der Waals surface area (Å²) in [6.07, 6.45) is 9.29. The number of aromatic nitrogens is 1. The van der Waals surface area contributed by atoms with E-state index in [1.54, 1.807) is 13.3 Å². The minimum atomic E-state index is 0.304. The molecule has 1 aromatic rings. The molecule has 1 aliphatic carbocycles. The highest BCUT2D eigenvalue weighted by Crippen LogP contribution is 2.29. The summed E-state index contributed by atoms with van der Waals surface area (Å²) >= 11 is 0. The molecule has 110 valence electrons. The number of nitrogens with zero attached hydrogens (tertiary/aromatic N) is 1. The molecule has 1 aliphatic rings. The van der Waals surface area contributed by atoms with Crippen molar-refractivity contribution < 1.29 is 9.53 Å². The Morgan fingerprint density at radius 2 is 2.05 bits per heavy atom. The number of methoxy groups -OCH3 is 1. The van der Waals surface area contributed by atoms with Gasteiger partial charge in [0.05, 0.1) is 12.8 Å². The highest BCUT2D eigenvalue weighted by atomic mass is 16.5. The molecule has 0 aromatic carbocycles. The first kappa shape index (κ1) is 15.0. The van der Waals surface area contributed by atoms with E-state index in [1.165, 1.54) is 25.7 Å². The molecule has 0 amide bonds. The molecule has 0 saturated heterocycles. The van der Waals surface area contributed by atoms with Gasteiger partial charge < -0.3 is 4.74 Å². The third-order valence-corrected chi connectivity index (χ3v) is 4.42. The van der Waals surface area contributed by atoms with Crippen LogP contribution < -0.4 is 4.74 Å². The van der Waals surface area contributed by atoms with Crippen molar-refractivity contribution in [3.8, 4) is 5.75 Å². The van der Waals surface area contributed by atoms with E-state index in [4.69, 9.17) is 4.74 Å². The Labute approximate surface area is 121 Å². The van der Waals surface area contributed by atoms with Gasteiger partial charge in [0.2, 0.25) is 0 Å². The van der Waals surface area contributed by atoms with Crippen LogP contribution in [0.4, 0.5) is 0 Å². The first-order valence-corrected chi connectivity index (χ1v) is 7.62. The van der Waals surface area contributed by atoms with Gasteiger partial charge >= 0.3 is 0 Å². The lowest BCUT2D eigenvalue weighted by Crippen LogP contribution is -2.09. The van der Waals surface area contributed by atoms with Crippen LogP contribution in [0.2, 0.25) is 0 Å². The predicted molar refractivity (Wildman–Crippen MR) is 80.2 cm³/mol. The van der Waals surface area contributed by atoms with Crippen molar-refractivity contribution in [2.45, 2.75) is 58.8 Å². The zero-order valence-electron chi connectivity index (χ0n) is 12.9. The van der Waals surface area contributed by atoms with E-state index in [2.05, 4.69) is 4.98 Å². The maximum Gasteiger partial charge on any atom is 0.138 e. The molecule has 0 atom stereocenters. The van der Waals surface area contributed by atoms with Crippen molar-refractivity contribution in [1.82, 2.24) is 4.98 Å². The zero-order valence-corrected chi connectivity index (χ0v) is 12.9. The summed E-state index contributed by atoms with van der Waals surface area (Å²) in [4.78, 5) is 16.5. The second kappa shape index (κ2) is 6.87. The van der Waals surface area contributed by atoms with Crippen molar-refractivity contribution >= 4 is 5.78 Å². The molecule has 0 unspecified atom stereocenters. The molecule has 1 aromatic heterocycles. The summed E-state index contributed by atoms with van der Waals surface area (Å²) in [5.41, 5.74) is 2.89. The topological polar surface area (TPSA) is 39.2 Å². The smallest absolute Gasteiger partial charge is 0.138 e. The van der Waals surface area contributed by atoms with Crippen molar-refractivity contribution in [3.63, 3.8) is 0 Å².